The second-order valence-electron chi connectivity index (χ2n) is 4.29. The molecule has 0 saturated carbocycles. The normalized spacial score (nSPS) is 19.2. The molecule has 0 bridgehead atoms. The zero-order valence-corrected chi connectivity index (χ0v) is 11.2. The van der Waals surface area contributed by atoms with Crippen LogP contribution in [0, 0.1) is 5.92 Å². The van der Waals surface area contributed by atoms with Crippen molar-refractivity contribution in [2.75, 3.05) is 18.4 Å². The molecule has 1 fully saturated rings. The number of nitrogens with one attached hydrogen (secondary N) is 2. The Balaban J connectivity index is 1.79. The van der Waals surface area contributed by atoms with Crippen LogP contribution in [0.4, 0.5) is 5.69 Å². The van der Waals surface area contributed by atoms with E-state index in [4.69, 9.17) is 0 Å². The second-order valence-corrected chi connectivity index (χ2v) is 5.04. The summed E-state index contributed by atoms with van der Waals surface area (Å²) in [5.74, 6) is 0.712. The molecule has 2 rings (SSSR count). The molecule has 5 heteroatoms. The van der Waals surface area contributed by atoms with Crippen molar-refractivity contribution in [1.82, 2.24) is 10.3 Å². The van der Waals surface area contributed by atoms with Crippen LogP contribution in [0.15, 0.2) is 22.9 Å². The zero-order valence-electron chi connectivity index (χ0n) is 9.58. The molecule has 2 heterocycles. The molecule has 1 aliphatic rings. The Labute approximate surface area is 109 Å². The van der Waals surface area contributed by atoms with Gasteiger partial charge in [-0.3, -0.25) is 4.79 Å². The largest absolute Gasteiger partial charge is 0.324 e. The number of anilines is 1. The van der Waals surface area contributed by atoms with Gasteiger partial charge in [-0.2, -0.15) is 0 Å². The Morgan fingerprint density at radius 3 is 3.24 bits per heavy atom. The number of carbonyl (C=O) groups excluding carboxylic acids is 1. The van der Waals surface area contributed by atoms with Gasteiger partial charge >= 0.3 is 0 Å². The number of hydrogen-bond acceptors (Lipinski definition) is 3. The van der Waals surface area contributed by atoms with Crippen molar-refractivity contribution < 1.29 is 4.79 Å². The molecule has 1 aromatic heterocycles. The first-order chi connectivity index (χ1) is 8.25. The topological polar surface area (TPSA) is 54.0 Å². The van der Waals surface area contributed by atoms with Crippen LogP contribution in [0.1, 0.15) is 19.3 Å². The minimum absolute atomic E-state index is 0.0607. The second kappa shape index (κ2) is 6.12. The smallest absolute Gasteiger partial charge is 0.224 e. The Bertz CT molecular complexity index is 391. The highest BCUT2D eigenvalue weighted by atomic mass is 79.9. The summed E-state index contributed by atoms with van der Waals surface area (Å²) in [5.41, 5.74) is 0.738. The van der Waals surface area contributed by atoms with Gasteiger partial charge in [-0.15, -0.1) is 0 Å². The van der Waals surface area contributed by atoms with E-state index in [1.54, 1.807) is 12.3 Å². The summed E-state index contributed by atoms with van der Waals surface area (Å²) in [4.78, 5) is 15.8. The standard InChI is InChI=1S/C12H16BrN3O/c13-12-10(2-1-6-15-12)16-11(17)4-3-9-5-7-14-8-9/h1-2,6,9,14H,3-5,7-8H2,(H,16,17). The average molecular weight is 298 g/mol. The molecule has 1 saturated heterocycles. The van der Waals surface area contributed by atoms with Crippen LogP contribution >= 0.6 is 15.9 Å². The average Bonchev–Trinajstić information content (AvgIpc) is 2.82. The summed E-state index contributed by atoms with van der Waals surface area (Å²) in [6.45, 7) is 2.13. The van der Waals surface area contributed by atoms with Crippen LogP contribution in [0.5, 0.6) is 0 Å². The molecule has 1 unspecified atom stereocenters. The highest BCUT2D eigenvalue weighted by molar-refractivity contribution is 9.10. The third-order valence-electron chi connectivity index (χ3n) is 2.98. The predicted molar refractivity (Wildman–Crippen MR) is 70.8 cm³/mol. The van der Waals surface area contributed by atoms with Crippen LogP contribution in [0.2, 0.25) is 0 Å². The number of amides is 1. The summed E-state index contributed by atoms with van der Waals surface area (Å²) < 4.78 is 0.677. The number of rotatable bonds is 4. The van der Waals surface area contributed by atoms with Gasteiger partial charge < -0.3 is 10.6 Å². The Kier molecular flexibility index (Phi) is 4.50. The third kappa shape index (κ3) is 3.78. The SMILES string of the molecule is O=C(CCC1CCNC1)Nc1cccnc1Br. The molecular weight excluding hydrogens is 282 g/mol. The van der Waals surface area contributed by atoms with E-state index in [2.05, 4.69) is 31.5 Å². The van der Waals surface area contributed by atoms with Crippen molar-refractivity contribution in [3.63, 3.8) is 0 Å². The fourth-order valence-corrected chi connectivity index (χ4v) is 2.34. The highest BCUT2D eigenvalue weighted by Gasteiger charge is 2.15. The number of aromatic nitrogens is 1. The molecule has 0 aliphatic carbocycles. The van der Waals surface area contributed by atoms with Crippen molar-refractivity contribution in [3.8, 4) is 0 Å². The van der Waals surface area contributed by atoms with E-state index >= 15 is 0 Å². The van der Waals surface area contributed by atoms with E-state index < -0.39 is 0 Å². The van der Waals surface area contributed by atoms with Crippen LogP contribution < -0.4 is 10.6 Å². The predicted octanol–water partition coefficient (Wildman–Crippen LogP) is 2.17. The molecule has 92 valence electrons. The van der Waals surface area contributed by atoms with Crippen molar-refractivity contribution in [3.05, 3.63) is 22.9 Å². The number of pyridine rings is 1. The third-order valence-corrected chi connectivity index (χ3v) is 3.61. The monoisotopic (exact) mass is 297 g/mol. The maximum Gasteiger partial charge on any atom is 0.224 e. The van der Waals surface area contributed by atoms with Crippen molar-refractivity contribution in [1.29, 1.82) is 0 Å². The Morgan fingerprint density at radius 1 is 1.65 bits per heavy atom. The van der Waals surface area contributed by atoms with E-state index in [9.17, 15) is 4.79 Å². The molecular formula is C12H16BrN3O. The molecule has 4 nitrogen and oxygen atoms in total. The lowest BCUT2D eigenvalue weighted by Crippen LogP contribution is -2.15. The van der Waals surface area contributed by atoms with Crippen molar-refractivity contribution in [2.24, 2.45) is 5.92 Å². The molecule has 17 heavy (non-hydrogen) atoms. The lowest BCUT2D eigenvalue weighted by Gasteiger charge is -2.09. The summed E-state index contributed by atoms with van der Waals surface area (Å²) in [6.07, 6.45) is 4.40. The van der Waals surface area contributed by atoms with Crippen molar-refractivity contribution >= 4 is 27.5 Å². The van der Waals surface area contributed by atoms with Gasteiger partial charge in [0.2, 0.25) is 5.91 Å². The van der Waals surface area contributed by atoms with E-state index in [1.807, 2.05) is 6.07 Å². The number of nitrogens with zero attached hydrogens (tertiary/aromatic N) is 1. The van der Waals surface area contributed by atoms with Gasteiger partial charge in [0.1, 0.15) is 4.60 Å². The first-order valence-corrected chi connectivity index (χ1v) is 6.66. The maximum absolute atomic E-state index is 11.7. The minimum Gasteiger partial charge on any atom is -0.324 e. The minimum atomic E-state index is 0.0607. The Morgan fingerprint density at radius 2 is 2.53 bits per heavy atom. The zero-order chi connectivity index (χ0) is 12.1. The maximum atomic E-state index is 11.7. The Hall–Kier alpha value is -0.940. The number of hydrogen-bond donors (Lipinski definition) is 2. The van der Waals surface area contributed by atoms with Gasteiger partial charge in [-0.25, -0.2) is 4.98 Å². The van der Waals surface area contributed by atoms with Gasteiger partial charge in [-0.05, 0) is 59.9 Å². The molecule has 0 spiro atoms. The van der Waals surface area contributed by atoms with E-state index in [1.165, 1.54) is 6.42 Å². The molecule has 2 N–H and O–H groups in total. The van der Waals surface area contributed by atoms with Gasteiger partial charge in [-0.1, -0.05) is 0 Å². The van der Waals surface area contributed by atoms with Crippen LogP contribution in [0.25, 0.3) is 0 Å². The number of carbonyl (C=O) groups is 1. The summed E-state index contributed by atoms with van der Waals surface area (Å²) >= 11 is 3.31. The first kappa shape index (κ1) is 12.5. The summed E-state index contributed by atoms with van der Waals surface area (Å²) in [7, 11) is 0. The lowest BCUT2D eigenvalue weighted by atomic mass is 10.0. The first-order valence-electron chi connectivity index (χ1n) is 5.87. The molecule has 0 aromatic carbocycles. The van der Waals surface area contributed by atoms with Crippen LogP contribution in [0.3, 0.4) is 0 Å². The van der Waals surface area contributed by atoms with Gasteiger partial charge in [0.25, 0.3) is 0 Å². The van der Waals surface area contributed by atoms with Crippen molar-refractivity contribution in [2.45, 2.75) is 19.3 Å². The van der Waals surface area contributed by atoms with Gasteiger partial charge in [0.15, 0.2) is 0 Å². The quantitative estimate of drug-likeness (QED) is 0.838. The number of halogens is 1. The highest BCUT2D eigenvalue weighted by Crippen LogP contribution is 2.19. The van der Waals surface area contributed by atoms with Gasteiger partial charge in [0, 0.05) is 12.6 Å². The van der Waals surface area contributed by atoms with Crippen LogP contribution in [-0.4, -0.2) is 24.0 Å². The molecule has 1 atom stereocenters. The van der Waals surface area contributed by atoms with E-state index in [-0.39, 0.29) is 5.91 Å². The van der Waals surface area contributed by atoms with E-state index in [0.29, 0.717) is 16.9 Å². The fraction of sp³-hybridized carbons (Fsp3) is 0.500. The molecule has 0 radical (unpaired) electrons. The molecule has 1 aromatic rings. The molecule has 1 aliphatic heterocycles. The van der Waals surface area contributed by atoms with Crippen LogP contribution in [-0.2, 0) is 4.79 Å². The molecule has 1 amide bonds. The summed E-state index contributed by atoms with van der Waals surface area (Å²) in [6, 6.07) is 3.65. The van der Waals surface area contributed by atoms with E-state index in [0.717, 1.165) is 25.2 Å². The fourth-order valence-electron chi connectivity index (χ4n) is 1.99. The lowest BCUT2D eigenvalue weighted by molar-refractivity contribution is -0.116. The summed E-state index contributed by atoms with van der Waals surface area (Å²) in [5, 5.41) is 6.17. The van der Waals surface area contributed by atoms with Gasteiger partial charge in [0.05, 0.1) is 5.69 Å².